The minimum atomic E-state index is -2.78. The summed E-state index contributed by atoms with van der Waals surface area (Å²) in [5.74, 6) is 0.186. The Labute approximate surface area is 106 Å². The maximum Gasteiger partial charge on any atom is 0.387 e. The van der Waals surface area contributed by atoms with Crippen LogP contribution in [0.1, 0.15) is 24.4 Å². The average molecular weight is 256 g/mol. The van der Waals surface area contributed by atoms with E-state index in [-0.39, 0.29) is 11.8 Å². The number of benzene rings is 1. The van der Waals surface area contributed by atoms with Crippen LogP contribution in [0.25, 0.3) is 0 Å². The Hall–Kier alpha value is -1.20. The summed E-state index contributed by atoms with van der Waals surface area (Å²) in [5.41, 5.74) is 6.87. The van der Waals surface area contributed by atoms with E-state index in [4.69, 9.17) is 5.73 Å². The van der Waals surface area contributed by atoms with Gasteiger partial charge in [0.2, 0.25) is 0 Å². The highest BCUT2D eigenvalue weighted by molar-refractivity contribution is 5.29. The molecule has 1 unspecified atom stereocenters. The van der Waals surface area contributed by atoms with Gasteiger partial charge in [0, 0.05) is 12.6 Å². The number of alkyl halides is 2. The molecule has 18 heavy (non-hydrogen) atoms. The van der Waals surface area contributed by atoms with E-state index in [1.165, 1.54) is 12.8 Å². The van der Waals surface area contributed by atoms with Crippen molar-refractivity contribution in [3.05, 3.63) is 29.8 Å². The van der Waals surface area contributed by atoms with Crippen molar-refractivity contribution < 1.29 is 13.5 Å². The molecule has 1 aromatic carbocycles. The van der Waals surface area contributed by atoms with Crippen molar-refractivity contribution in [2.45, 2.75) is 25.5 Å². The molecule has 0 saturated carbocycles. The maximum absolute atomic E-state index is 12.0. The largest absolute Gasteiger partial charge is 0.435 e. The van der Waals surface area contributed by atoms with Gasteiger partial charge in [-0.2, -0.15) is 8.78 Å². The summed E-state index contributed by atoms with van der Waals surface area (Å²) in [6.07, 6.45) is 2.39. The fourth-order valence-electron chi connectivity index (χ4n) is 2.42. The van der Waals surface area contributed by atoms with Crippen molar-refractivity contribution in [2.75, 3.05) is 19.6 Å². The lowest BCUT2D eigenvalue weighted by Gasteiger charge is -2.26. The summed E-state index contributed by atoms with van der Waals surface area (Å²) in [6, 6.07) is 6.94. The van der Waals surface area contributed by atoms with Gasteiger partial charge in [0.05, 0.1) is 0 Å². The first-order chi connectivity index (χ1) is 8.70. The third kappa shape index (κ3) is 3.17. The molecule has 1 saturated heterocycles. The minimum Gasteiger partial charge on any atom is -0.435 e. The van der Waals surface area contributed by atoms with E-state index in [2.05, 4.69) is 9.64 Å². The van der Waals surface area contributed by atoms with Crippen molar-refractivity contribution in [3.63, 3.8) is 0 Å². The minimum absolute atomic E-state index is 0.174. The number of halogens is 2. The van der Waals surface area contributed by atoms with E-state index in [1.807, 2.05) is 12.1 Å². The molecule has 0 spiro atoms. The molecule has 1 heterocycles. The number of hydrogen-bond acceptors (Lipinski definition) is 3. The second-order valence-electron chi connectivity index (χ2n) is 4.44. The number of hydrogen-bond donors (Lipinski definition) is 1. The van der Waals surface area contributed by atoms with E-state index in [1.54, 1.807) is 12.1 Å². The zero-order valence-electron chi connectivity index (χ0n) is 10.2. The van der Waals surface area contributed by atoms with Gasteiger partial charge in [0.25, 0.3) is 0 Å². The van der Waals surface area contributed by atoms with Crippen molar-refractivity contribution >= 4 is 0 Å². The summed E-state index contributed by atoms with van der Waals surface area (Å²) >= 11 is 0. The van der Waals surface area contributed by atoms with Crippen LogP contribution in [-0.4, -0.2) is 31.1 Å². The number of likely N-dealkylation sites (tertiary alicyclic amines) is 1. The van der Waals surface area contributed by atoms with Crippen LogP contribution in [0.3, 0.4) is 0 Å². The smallest absolute Gasteiger partial charge is 0.387 e. The van der Waals surface area contributed by atoms with Gasteiger partial charge in [-0.25, -0.2) is 0 Å². The number of rotatable bonds is 5. The summed E-state index contributed by atoms with van der Waals surface area (Å²) < 4.78 is 28.4. The molecule has 2 rings (SSSR count). The van der Waals surface area contributed by atoms with E-state index >= 15 is 0 Å². The average Bonchev–Trinajstić information content (AvgIpc) is 2.85. The maximum atomic E-state index is 12.0. The van der Waals surface area contributed by atoms with Crippen molar-refractivity contribution in [3.8, 4) is 5.75 Å². The Kier molecular flexibility index (Phi) is 4.49. The first-order valence-corrected chi connectivity index (χ1v) is 6.19. The molecule has 5 heteroatoms. The van der Waals surface area contributed by atoms with Gasteiger partial charge >= 0.3 is 6.61 Å². The fourth-order valence-corrected chi connectivity index (χ4v) is 2.42. The van der Waals surface area contributed by atoms with Crippen LogP contribution in [0.15, 0.2) is 24.3 Å². The predicted molar refractivity (Wildman–Crippen MR) is 65.7 cm³/mol. The Balaban J connectivity index is 2.06. The Bertz CT molecular complexity index is 364. The highest BCUT2D eigenvalue weighted by Crippen LogP contribution is 2.26. The number of ether oxygens (including phenoxy) is 1. The van der Waals surface area contributed by atoms with Crippen LogP contribution in [0.4, 0.5) is 8.78 Å². The molecule has 1 atom stereocenters. The number of nitrogens with zero attached hydrogens (tertiary/aromatic N) is 1. The third-order valence-corrected chi connectivity index (χ3v) is 3.29. The predicted octanol–water partition coefficient (Wildman–Crippen LogP) is 2.38. The molecule has 0 aromatic heterocycles. The molecule has 1 aliphatic rings. The van der Waals surface area contributed by atoms with Gasteiger partial charge in [-0.05, 0) is 43.6 Å². The lowest BCUT2D eigenvalue weighted by Crippen LogP contribution is -2.31. The lowest BCUT2D eigenvalue weighted by atomic mass is 10.1. The molecule has 3 nitrogen and oxygen atoms in total. The SMILES string of the molecule is NCC(c1ccc(OC(F)F)cc1)N1CCCC1. The zero-order valence-corrected chi connectivity index (χ0v) is 10.2. The number of nitrogens with two attached hydrogens (primary N) is 1. The molecule has 1 aromatic rings. The molecular weight excluding hydrogens is 238 g/mol. The van der Waals surface area contributed by atoms with E-state index in [0.29, 0.717) is 6.54 Å². The Morgan fingerprint density at radius 2 is 1.78 bits per heavy atom. The van der Waals surface area contributed by atoms with Crippen molar-refractivity contribution in [1.29, 1.82) is 0 Å². The van der Waals surface area contributed by atoms with Gasteiger partial charge in [-0.1, -0.05) is 12.1 Å². The second-order valence-corrected chi connectivity index (χ2v) is 4.44. The molecule has 0 radical (unpaired) electrons. The summed E-state index contributed by atoms with van der Waals surface area (Å²) in [4.78, 5) is 2.34. The van der Waals surface area contributed by atoms with Crippen LogP contribution >= 0.6 is 0 Å². The van der Waals surface area contributed by atoms with E-state index in [9.17, 15) is 8.78 Å². The molecule has 2 N–H and O–H groups in total. The molecule has 100 valence electrons. The summed E-state index contributed by atoms with van der Waals surface area (Å²) in [5, 5.41) is 0. The second kappa shape index (κ2) is 6.11. The van der Waals surface area contributed by atoms with Gasteiger partial charge in [0.15, 0.2) is 0 Å². The van der Waals surface area contributed by atoms with Crippen LogP contribution in [0.5, 0.6) is 5.75 Å². The normalized spacial score (nSPS) is 18.2. The molecule has 0 bridgehead atoms. The van der Waals surface area contributed by atoms with Crippen molar-refractivity contribution in [1.82, 2.24) is 4.90 Å². The first kappa shape index (κ1) is 13.2. The highest BCUT2D eigenvalue weighted by Gasteiger charge is 2.22. The molecule has 1 fully saturated rings. The molecule has 0 amide bonds. The molecular formula is C13H18F2N2O. The monoisotopic (exact) mass is 256 g/mol. The third-order valence-electron chi connectivity index (χ3n) is 3.29. The molecule has 0 aliphatic carbocycles. The first-order valence-electron chi connectivity index (χ1n) is 6.19. The van der Waals surface area contributed by atoms with Gasteiger partial charge < -0.3 is 10.5 Å². The van der Waals surface area contributed by atoms with Crippen LogP contribution in [0.2, 0.25) is 0 Å². The lowest BCUT2D eigenvalue weighted by molar-refractivity contribution is -0.0498. The Morgan fingerprint density at radius 3 is 2.28 bits per heavy atom. The zero-order chi connectivity index (χ0) is 13.0. The van der Waals surface area contributed by atoms with Crippen LogP contribution < -0.4 is 10.5 Å². The van der Waals surface area contributed by atoms with E-state index < -0.39 is 6.61 Å². The van der Waals surface area contributed by atoms with Crippen LogP contribution in [0, 0.1) is 0 Å². The van der Waals surface area contributed by atoms with Gasteiger partial charge in [-0.15, -0.1) is 0 Å². The van der Waals surface area contributed by atoms with Crippen LogP contribution in [-0.2, 0) is 0 Å². The summed E-state index contributed by atoms with van der Waals surface area (Å²) in [6.45, 7) is -0.136. The Morgan fingerprint density at radius 1 is 1.17 bits per heavy atom. The van der Waals surface area contributed by atoms with E-state index in [0.717, 1.165) is 18.7 Å². The van der Waals surface area contributed by atoms with Gasteiger partial charge in [-0.3, -0.25) is 4.90 Å². The standard InChI is InChI=1S/C13H18F2N2O/c14-13(15)18-11-5-3-10(4-6-11)12(9-16)17-7-1-2-8-17/h3-6,12-13H,1-2,7-9,16H2. The van der Waals surface area contributed by atoms with Gasteiger partial charge in [0.1, 0.15) is 5.75 Å². The molecule has 1 aliphatic heterocycles. The van der Waals surface area contributed by atoms with Crippen molar-refractivity contribution in [2.24, 2.45) is 5.73 Å². The topological polar surface area (TPSA) is 38.5 Å². The highest BCUT2D eigenvalue weighted by atomic mass is 19.3. The quantitative estimate of drug-likeness (QED) is 0.879. The summed E-state index contributed by atoms with van der Waals surface area (Å²) in [7, 11) is 0. The fraction of sp³-hybridized carbons (Fsp3) is 0.538.